The van der Waals surface area contributed by atoms with Crippen molar-refractivity contribution in [3.63, 3.8) is 0 Å². The van der Waals surface area contributed by atoms with E-state index in [1.165, 1.54) is 0 Å². The van der Waals surface area contributed by atoms with Crippen molar-refractivity contribution >= 4 is 0 Å². The van der Waals surface area contributed by atoms with Gasteiger partial charge in [-0.25, -0.2) is 4.98 Å². The summed E-state index contributed by atoms with van der Waals surface area (Å²) in [6.07, 6.45) is 2.23. The Morgan fingerprint density at radius 1 is 1.17 bits per heavy atom. The van der Waals surface area contributed by atoms with Crippen molar-refractivity contribution in [2.45, 2.75) is 52.3 Å². The molecule has 1 heterocycles. The third-order valence-electron chi connectivity index (χ3n) is 3.89. The standard InChI is InChI=1S/C19H29N3O/c1-6-7-13-22-16(14-21(4)5)17(19(2,3)23)20-18(22)15-11-9-8-10-12-15/h8-12,23H,6-7,13-14H2,1-5H3. The van der Waals surface area contributed by atoms with Crippen molar-refractivity contribution in [3.05, 3.63) is 41.7 Å². The molecule has 1 N–H and O–H groups in total. The highest BCUT2D eigenvalue weighted by atomic mass is 16.3. The van der Waals surface area contributed by atoms with Gasteiger partial charge in [0.1, 0.15) is 11.4 Å². The molecular weight excluding hydrogens is 286 g/mol. The summed E-state index contributed by atoms with van der Waals surface area (Å²) < 4.78 is 2.28. The molecule has 0 spiro atoms. The molecule has 0 fully saturated rings. The second-order valence-electron chi connectivity index (χ2n) is 6.90. The lowest BCUT2D eigenvalue weighted by molar-refractivity contribution is 0.0724. The summed E-state index contributed by atoms with van der Waals surface area (Å²) in [5.74, 6) is 0.952. The van der Waals surface area contributed by atoms with Crippen molar-refractivity contribution in [3.8, 4) is 11.4 Å². The van der Waals surface area contributed by atoms with Crippen LogP contribution in [0.2, 0.25) is 0 Å². The van der Waals surface area contributed by atoms with E-state index in [2.05, 4.69) is 28.5 Å². The Hall–Kier alpha value is -1.65. The van der Waals surface area contributed by atoms with Gasteiger partial charge in [0.05, 0.1) is 11.4 Å². The van der Waals surface area contributed by atoms with Gasteiger partial charge in [-0.05, 0) is 34.4 Å². The van der Waals surface area contributed by atoms with Gasteiger partial charge in [0.2, 0.25) is 0 Å². The lowest BCUT2D eigenvalue weighted by Gasteiger charge is -2.20. The van der Waals surface area contributed by atoms with Gasteiger partial charge in [0, 0.05) is 18.7 Å². The molecule has 2 aromatic rings. The fourth-order valence-electron chi connectivity index (χ4n) is 2.80. The van der Waals surface area contributed by atoms with Crippen LogP contribution in [0.4, 0.5) is 0 Å². The van der Waals surface area contributed by atoms with E-state index in [1.807, 2.05) is 46.1 Å². The number of aromatic nitrogens is 2. The zero-order valence-electron chi connectivity index (χ0n) is 15.0. The highest BCUT2D eigenvalue weighted by molar-refractivity contribution is 5.57. The molecular formula is C19H29N3O. The third-order valence-corrected chi connectivity index (χ3v) is 3.89. The number of hydrogen-bond acceptors (Lipinski definition) is 3. The number of nitrogens with zero attached hydrogens (tertiary/aromatic N) is 3. The quantitative estimate of drug-likeness (QED) is 0.848. The van der Waals surface area contributed by atoms with Crippen LogP contribution in [0.5, 0.6) is 0 Å². The van der Waals surface area contributed by atoms with Gasteiger partial charge in [0.25, 0.3) is 0 Å². The van der Waals surface area contributed by atoms with Crippen molar-refractivity contribution in [1.29, 1.82) is 0 Å². The zero-order chi connectivity index (χ0) is 17.0. The van der Waals surface area contributed by atoms with E-state index in [1.54, 1.807) is 0 Å². The average molecular weight is 315 g/mol. The number of hydrogen-bond donors (Lipinski definition) is 1. The van der Waals surface area contributed by atoms with Crippen molar-refractivity contribution in [1.82, 2.24) is 14.5 Å². The molecule has 126 valence electrons. The van der Waals surface area contributed by atoms with Gasteiger partial charge in [-0.15, -0.1) is 0 Å². The van der Waals surface area contributed by atoms with E-state index in [-0.39, 0.29) is 0 Å². The Morgan fingerprint density at radius 3 is 2.35 bits per heavy atom. The van der Waals surface area contributed by atoms with Crippen LogP contribution in [-0.2, 0) is 18.7 Å². The molecule has 0 aliphatic rings. The molecule has 4 heteroatoms. The highest BCUT2D eigenvalue weighted by Gasteiger charge is 2.28. The summed E-state index contributed by atoms with van der Waals surface area (Å²) in [4.78, 5) is 6.97. The fourth-order valence-corrected chi connectivity index (χ4v) is 2.80. The summed E-state index contributed by atoms with van der Waals surface area (Å²) >= 11 is 0. The molecule has 2 rings (SSSR count). The fraction of sp³-hybridized carbons (Fsp3) is 0.526. The van der Waals surface area contributed by atoms with Gasteiger partial charge in [-0.3, -0.25) is 0 Å². The Bertz CT molecular complexity index is 624. The molecule has 4 nitrogen and oxygen atoms in total. The Balaban J connectivity index is 2.62. The number of rotatable bonds is 7. The lowest BCUT2D eigenvalue weighted by Crippen LogP contribution is -2.23. The first-order chi connectivity index (χ1) is 10.8. The molecule has 0 aliphatic carbocycles. The summed E-state index contributed by atoms with van der Waals surface area (Å²) in [6, 6.07) is 10.2. The average Bonchev–Trinajstić information content (AvgIpc) is 2.84. The molecule has 0 atom stereocenters. The Morgan fingerprint density at radius 2 is 1.83 bits per heavy atom. The van der Waals surface area contributed by atoms with E-state index in [4.69, 9.17) is 4.98 Å². The second kappa shape index (κ2) is 7.28. The Labute approximate surface area is 139 Å². The highest BCUT2D eigenvalue weighted by Crippen LogP contribution is 2.30. The van der Waals surface area contributed by atoms with Gasteiger partial charge >= 0.3 is 0 Å². The van der Waals surface area contributed by atoms with Crippen LogP contribution in [0, 0.1) is 0 Å². The van der Waals surface area contributed by atoms with E-state index < -0.39 is 5.60 Å². The SMILES string of the molecule is CCCCn1c(-c2ccccc2)nc(C(C)(C)O)c1CN(C)C. The van der Waals surface area contributed by atoms with Crippen LogP contribution >= 0.6 is 0 Å². The maximum absolute atomic E-state index is 10.6. The van der Waals surface area contributed by atoms with E-state index in [9.17, 15) is 5.11 Å². The molecule has 23 heavy (non-hydrogen) atoms. The van der Waals surface area contributed by atoms with Gasteiger partial charge in [0.15, 0.2) is 0 Å². The number of unbranched alkanes of at least 4 members (excludes halogenated alkanes) is 1. The number of imidazole rings is 1. The smallest absolute Gasteiger partial charge is 0.140 e. The van der Waals surface area contributed by atoms with Gasteiger partial charge in [-0.1, -0.05) is 43.7 Å². The van der Waals surface area contributed by atoms with Crippen LogP contribution < -0.4 is 0 Å². The molecule has 0 bridgehead atoms. The summed E-state index contributed by atoms with van der Waals surface area (Å²) in [7, 11) is 4.10. The summed E-state index contributed by atoms with van der Waals surface area (Å²) in [5.41, 5.74) is 2.03. The minimum absolute atomic E-state index is 0.767. The predicted octanol–water partition coefficient (Wildman–Crippen LogP) is 3.64. The molecule has 1 aromatic heterocycles. The first-order valence-electron chi connectivity index (χ1n) is 8.37. The normalized spacial score (nSPS) is 12.1. The first kappa shape index (κ1) is 17.7. The van der Waals surface area contributed by atoms with Crippen LogP contribution in [-0.4, -0.2) is 33.7 Å². The Kier molecular flexibility index (Phi) is 5.60. The van der Waals surface area contributed by atoms with Crippen molar-refractivity contribution in [2.24, 2.45) is 0 Å². The number of aliphatic hydroxyl groups is 1. The molecule has 0 amide bonds. The van der Waals surface area contributed by atoms with E-state index in [0.717, 1.165) is 48.7 Å². The minimum atomic E-state index is -0.952. The topological polar surface area (TPSA) is 41.3 Å². The zero-order valence-corrected chi connectivity index (χ0v) is 15.0. The summed E-state index contributed by atoms with van der Waals surface area (Å²) in [5, 5.41) is 10.6. The van der Waals surface area contributed by atoms with Crippen molar-refractivity contribution in [2.75, 3.05) is 14.1 Å². The van der Waals surface area contributed by atoms with Crippen LogP contribution in [0.1, 0.15) is 45.0 Å². The molecule has 0 radical (unpaired) electrons. The van der Waals surface area contributed by atoms with Gasteiger partial charge in [-0.2, -0.15) is 0 Å². The van der Waals surface area contributed by atoms with E-state index in [0.29, 0.717) is 0 Å². The first-order valence-corrected chi connectivity index (χ1v) is 8.37. The van der Waals surface area contributed by atoms with Crippen LogP contribution in [0.15, 0.2) is 30.3 Å². The van der Waals surface area contributed by atoms with Gasteiger partial charge < -0.3 is 14.6 Å². The minimum Gasteiger partial charge on any atom is -0.384 e. The lowest BCUT2D eigenvalue weighted by atomic mass is 10.0. The molecule has 1 aromatic carbocycles. The third kappa shape index (κ3) is 4.21. The molecule has 0 unspecified atom stereocenters. The second-order valence-corrected chi connectivity index (χ2v) is 6.90. The molecule has 0 aliphatic heterocycles. The van der Waals surface area contributed by atoms with E-state index >= 15 is 0 Å². The van der Waals surface area contributed by atoms with Crippen molar-refractivity contribution < 1.29 is 5.11 Å². The van der Waals surface area contributed by atoms with Crippen LogP contribution in [0.25, 0.3) is 11.4 Å². The molecule has 0 saturated heterocycles. The summed E-state index contributed by atoms with van der Waals surface area (Å²) in [6.45, 7) is 7.51. The molecule has 0 saturated carbocycles. The maximum Gasteiger partial charge on any atom is 0.140 e. The predicted molar refractivity (Wildman–Crippen MR) is 95.2 cm³/mol. The maximum atomic E-state index is 10.6. The number of benzene rings is 1. The monoisotopic (exact) mass is 315 g/mol. The van der Waals surface area contributed by atoms with Crippen LogP contribution in [0.3, 0.4) is 0 Å². The largest absolute Gasteiger partial charge is 0.384 e.